The van der Waals surface area contributed by atoms with Gasteiger partial charge in [-0.1, -0.05) is 44.6 Å². The number of rotatable bonds is 2. The summed E-state index contributed by atoms with van der Waals surface area (Å²) < 4.78 is 13.5. The van der Waals surface area contributed by atoms with Crippen molar-refractivity contribution >= 4 is 0 Å². The van der Waals surface area contributed by atoms with E-state index in [9.17, 15) is 4.39 Å². The number of hydrogen-bond acceptors (Lipinski definition) is 0. The van der Waals surface area contributed by atoms with Crippen molar-refractivity contribution in [1.29, 1.82) is 0 Å². The Labute approximate surface area is 110 Å². The average molecular weight is 246 g/mol. The molecular formula is C17H23F. The van der Waals surface area contributed by atoms with Crippen LogP contribution in [0.25, 0.3) is 0 Å². The van der Waals surface area contributed by atoms with Gasteiger partial charge in [0, 0.05) is 5.41 Å². The molecule has 2 rings (SSSR count). The predicted molar refractivity (Wildman–Crippen MR) is 75.1 cm³/mol. The molecule has 0 saturated heterocycles. The van der Waals surface area contributed by atoms with Gasteiger partial charge in [-0.05, 0) is 49.3 Å². The van der Waals surface area contributed by atoms with E-state index in [0.717, 1.165) is 5.56 Å². The molecule has 0 spiro atoms. The lowest BCUT2D eigenvalue weighted by atomic mass is 9.62. The van der Waals surface area contributed by atoms with Crippen LogP contribution < -0.4 is 0 Å². The predicted octanol–water partition coefficient (Wildman–Crippen LogP) is 5.10. The molecule has 0 bridgehead atoms. The molecule has 0 N–H and O–H groups in total. The van der Waals surface area contributed by atoms with Crippen LogP contribution in [-0.4, -0.2) is 0 Å². The van der Waals surface area contributed by atoms with Crippen molar-refractivity contribution in [3.05, 3.63) is 47.3 Å². The Hall–Kier alpha value is -1.11. The molecule has 1 aliphatic rings. The van der Waals surface area contributed by atoms with Crippen LogP contribution in [0.4, 0.5) is 4.39 Å². The first-order chi connectivity index (χ1) is 8.43. The molecule has 0 aliphatic heterocycles. The number of allylic oxidation sites excluding steroid dienone is 2. The molecule has 2 atom stereocenters. The summed E-state index contributed by atoms with van der Waals surface area (Å²) >= 11 is 0. The van der Waals surface area contributed by atoms with Crippen LogP contribution in [0.2, 0.25) is 0 Å². The lowest BCUT2D eigenvalue weighted by Crippen LogP contribution is -2.36. The van der Waals surface area contributed by atoms with Crippen LogP contribution >= 0.6 is 0 Å². The molecule has 1 unspecified atom stereocenters. The molecule has 98 valence electrons. The Morgan fingerprint density at radius 2 is 2.06 bits per heavy atom. The molecule has 0 fully saturated rings. The van der Waals surface area contributed by atoms with Gasteiger partial charge in [0.25, 0.3) is 0 Å². The van der Waals surface area contributed by atoms with Gasteiger partial charge in [0.1, 0.15) is 5.82 Å². The summed E-state index contributed by atoms with van der Waals surface area (Å²) in [6, 6.07) is 7.11. The van der Waals surface area contributed by atoms with E-state index in [-0.39, 0.29) is 11.2 Å². The van der Waals surface area contributed by atoms with Crippen molar-refractivity contribution < 1.29 is 4.39 Å². The zero-order valence-corrected chi connectivity index (χ0v) is 11.8. The highest BCUT2D eigenvalue weighted by Crippen LogP contribution is 2.45. The van der Waals surface area contributed by atoms with Crippen molar-refractivity contribution in [2.75, 3.05) is 0 Å². The fourth-order valence-corrected chi connectivity index (χ4v) is 3.52. The maximum atomic E-state index is 13.5. The minimum Gasteiger partial charge on any atom is -0.207 e. The van der Waals surface area contributed by atoms with Gasteiger partial charge in [-0.2, -0.15) is 0 Å². The maximum Gasteiger partial charge on any atom is 0.123 e. The van der Waals surface area contributed by atoms with E-state index in [1.807, 2.05) is 6.07 Å². The van der Waals surface area contributed by atoms with Gasteiger partial charge >= 0.3 is 0 Å². The molecule has 18 heavy (non-hydrogen) atoms. The van der Waals surface area contributed by atoms with E-state index in [2.05, 4.69) is 39.8 Å². The first kappa shape index (κ1) is 13.3. The number of halogens is 1. The second-order valence-electron chi connectivity index (χ2n) is 6.17. The molecule has 1 aromatic rings. The Morgan fingerprint density at radius 3 is 2.67 bits per heavy atom. The minimum absolute atomic E-state index is 0.0292. The Morgan fingerprint density at radius 1 is 1.33 bits per heavy atom. The Kier molecular flexibility index (Phi) is 3.61. The zero-order valence-electron chi connectivity index (χ0n) is 11.8. The number of benzene rings is 1. The normalized spacial score (nSPS) is 28.3. The summed E-state index contributed by atoms with van der Waals surface area (Å²) in [6.45, 7) is 9.00. The minimum atomic E-state index is -0.132. The fraction of sp³-hybridized carbons (Fsp3) is 0.529. The summed E-state index contributed by atoms with van der Waals surface area (Å²) in [5, 5.41) is 0. The largest absolute Gasteiger partial charge is 0.207 e. The second kappa shape index (κ2) is 4.87. The van der Waals surface area contributed by atoms with Crippen molar-refractivity contribution in [2.45, 2.75) is 46.0 Å². The molecule has 0 aromatic heterocycles. The molecule has 0 radical (unpaired) electrons. The molecule has 0 heterocycles. The van der Waals surface area contributed by atoms with Crippen LogP contribution in [0.15, 0.2) is 35.9 Å². The van der Waals surface area contributed by atoms with E-state index in [1.165, 1.54) is 24.5 Å². The molecular weight excluding hydrogens is 223 g/mol. The summed E-state index contributed by atoms with van der Waals surface area (Å²) in [4.78, 5) is 0. The number of hydrogen-bond donors (Lipinski definition) is 0. The van der Waals surface area contributed by atoms with Crippen LogP contribution in [0.1, 0.15) is 46.1 Å². The van der Waals surface area contributed by atoms with Crippen molar-refractivity contribution in [1.82, 2.24) is 0 Å². The van der Waals surface area contributed by atoms with Gasteiger partial charge in [-0.15, -0.1) is 0 Å². The SMILES string of the molecule is CC1=C[C@](C)(c2cccc(F)c2)C(C(C)C)CC1. The van der Waals surface area contributed by atoms with E-state index < -0.39 is 0 Å². The fourth-order valence-electron chi connectivity index (χ4n) is 3.52. The first-order valence-corrected chi connectivity index (χ1v) is 6.88. The third kappa shape index (κ3) is 2.36. The van der Waals surface area contributed by atoms with Gasteiger partial charge in [0.15, 0.2) is 0 Å². The van der Waals surface area contributed by atoms with Crippen molar-refractivity contribution in [3.63, 3.8) is 0 Å². The Balaban J connectivity index is 2.50. The standard InChI is InChI=1S/C17H23F/c1-12(2)16-9-8-13(3)11-17(16,4)14-6-5-7-15(18)10-14/h5-7,10-12,16H,8-9H2,1-4H3/t16?,17-/m1/s1. The van der Waals surface area contributed by atoms with E-state index in [0.29, 0.717) is 11.8 Å². The molecule has 0 nitrogen and oxygen atoms in total. The quantitative estimate of drug-likeness (QED) is 0.637. The Bertz CT molecular complexity index is 458. The summed E-state index contributed by atoms with van der Waals surface area (Å²) in [5.74, 6) is 1.07. The van der Waals surface area contributed by atoms with Gasteiger partial charge < -0.3 is 0 Å². The summed E-state index contributed by atoms with van der Waals surface area (Å²) in [5.41, 5.74) is 2.51. The second-order valence-corrected chi connectivity index (χ2v) is 6.17. The summed E-state index contributed by atoms with van der Waals surface area (Å²) in [7, 11) is 0. The van der Waals surface area contributed by atoms with E-state index in [4.69, 9.17) is 0 Å². The van der Waals surface area contributed by atoms with Gasteiger partial charge in [-0.3, -0.25) is 0 Å². The molecule has 1 heteroatoms. The highest BCUT2D eigenvalue weighted by atomic mass is 19.1. The smallest absolute Gasteiger partial charge is 0.123 e. The molecule has 0 amide bonds. The lowest BCUT2D eigenvalue weighted by molar-refractivity contribution is 0.236. The first-order valence-electron chi connectivity index (χ1n) is 6.88. The maximum absolute atomic E-state index is 13.5. The van der Waals surface area contributed by atoms with Crippen molar-refractivity contribution in [3.8, 4) is 0 Å². The zero-order chi connectivity index (χ0) is 13.3. The van der Waals surface area contributed by atoms with Gasteiger partial charge in [-0.25, -0.2) is 4.39 Å². The van der Waals surface area contributed by atoms with Crippen LogP contribution in [0.3, 0.4) is 0 Å². The third-order valence-corrected chi connectivity index (χ3v) is 4.42. The van der Waals surface area contributed by atoms with Crippen LogP contribution in [0.5, 0.6) is 0 Å². The van der Waals surface area contributed by atoms with Gasteiger partial charge in [0.2, 0.25) is 0 Å². The third-order valence-electron chi connectivity index (χ3n) is 4.42. The molecule has 1 aromatic carbocycles. The topological polar surface area (TPSA) is 0 Å². The monoisotopic (exact) mass is 246 g/mol. The lowest BCUT2D eigenvalue weighted by Gasteiger charge is -2.42. The molecule has 0 saturated carbocycles. The van der Waals surface area contributed by atoms with Crippen molar-refractivity contribution in [2.24, 2.45) is 11.8 Å². The highest BCUT2D eigenvalue weighted by molar-refractivity contribution is 5.35. The van der Waals surface area contributed by atoms with Crippen LogP contribution in [-0.2, 0) is 5.41 Å². The van der Waals surface area contributed by atoms with E-state index in [1.54, 1.807) is 6.07 Å². The summed E-state index contributed by atoms with van der Waals surface area (Å²) in [6.07, 6.45) is 4.73. The van der Waals surface area contributed by atoms with Crippen LogP contribution in [0, 0.1) is 17.7 Å². The van der Waals surface area contributed by atoms with Gasteiger partial charge in [0.05, 0.1) is 0 Å². The molecule has 1 aliphatic carbocycles. The average Bonchev–Trinajstić information content (AvgIpc) is 2.28. The highest BCUT2D eigenvalue weighted by Gasteiger charge is 2.38. The van der Waals surface area contributed by atoms with E-state index >= 15 is 0 Å².